The molecule has 25 heavy (non-hydrogen) atoms. The third-order valence-corrected chi connectivity index (χ3v) is 6.90. The van der Waals surface area contributed by atoms with Gasteiger partial charge in [-0.2, -0.15) is 0 Å². The van der Waals surface area contributed by atoms with Crippen molar-refractivity contribution in [2.75, 3.05) is 31.1 Å². The molecular weight excluding hydrogens is 339 g/mol. The summed E-state index contributed by atoms with van der Waals surface area (Å²) in [5.41, 5.74) is 0.208. The van der Waals surface area contributed by atoms with Crippen LogP contribution >= 0.6 is 11.3 Å². The van der Waals surface area contributed by atoms with Gasteiger partial charge in [0, 0.05) is 22.9 Å². The number of hydrogen-bond acceptors (Lipinski definition) is 4. The van der Waals surface area contributed by atoms with Gasteiger partial charge in [-0.15, -0.1) is 11.3 Å². The molecule has 130 valence electrons. The van der Waals surface area contributed by atoms with E-state index in [1.807, 2.05) is 18.2 Å². The Bertz CT molecular complexity index is 830. The van der Waals surface area contributed by atoms with Gasteiger partial charge in [0.25, 0.3) is 0 Å². The molecule has 0 N–H and O–H groups in total. The number of carbonyl (C=O) groups is 1. The molecule has 2 aromatic rings. The number of piperidine rings is 3. The molecule has 4 fully saturated rings. The van der Waals surface area contributed by atoms with Gasteiger partial charge in [-0.1, -0.05) is 18.2 Å². The fourth-order valence-corrected chi connectivity index (χ4v) is 5.48. The summed E-state index contributed by atoms with van der Waals surface area (Å²) in [5.74, 6) is 0.214. The Morgan fingerprint density at radius 3 is 2.64 bits per heavy atom. The molecule has 1 aromatic carbocycles. The lowest BCUT2D eigenvalue weighted by Gasteiger charge is -2.49. The molecule has 2 bridgehead atoms. The number of fused-ring (bicyclic) bond motifs is 2. The van der Waals surface area contributed by atoms with E-state index in [4.69, 9.17) is 4.74 Å². The van der Waals surface area contributed by atoms with Gasteiger partial charge in [0.15, 0.2) is 0 Å². The molecular formula is C19H19FN2O2S. The highest BCUT2D eigenvalue weighted by Crippen LogP contribution is 2.45. The fourth-order valence-electron chi connectivity index (χ4n) is 4.46. The molecule has 4 aliphatic heterocycles. The minimum atomic E-state index is -0.365. The summed E-state index contributed by atoms with van der Waals surface area (Å²) in [6.07, 6.45) is 1.94. The monoisotopic (exact) mass is 358 g/mol. The van der Waals surface area contributed by atoms with Crippen molar-refractivity contribution >= 4 is 22.4 Å². The molecule has 1 unspecified atom stereocenters. The highest BCUT2D eigenvalue weighted by atomic mass is 32.1. The van der Waals surface area contributed by atoms with E-state index in [1.165, 1.54) is 17.4 Å². The van der Waals surface area contributed by atoms with E-state index in [1.54, 1.807) is 17.0 Å². The summed E-state index contributed by atoms with van der Waals surface area (Å²) in [7, 11) is 0. The summed E-state index contributed by atoms with van der Waals surface area (Å²) < 4.78 is 19.9. The Morgan fingerprint density at radius 1 is 1.12 bits per heavy atom. The quantitative estimate of drug-likeness (QED) is 0.814. The van der Waals surface area contributed by atoms with Crippen LogP contribution in [0.15, 0.2) is 36.4 Å². The van der Waals surface area contributed by atoms with Crippen molar-refractivity contribution in [3.8, 4) is 10.4 Å². The number of ether oxygens (including phenoxy) is 1. The average molecular weight is 358 g/mol. The van der Waals surface area contributed by atoms with Crippen molar-refractivity contribution in [1.82, 2.24) is 4.90 Å². The van der Waals surface area contributed by atoms with Gasteiger partial charge in [-0.05, 0) is 44.1 Å². The van der Waals surface area contributed by atoms with Crippen molar-refractivity contribution in [1.29, 1.82) is 0 Å². The number of rotatable bonds is 2. The van der Waals surface area contributed by atoms with E-state index in [9.17, 15) is 9.18 Å². The lowest BCUT2D eigenvalue weighted by molar-refractivity contribution is -0.0881. The summed E-state index contributed by atoms with van der Waals surface area (Å²) >= 11 is 1.44. The predicted octanol–water partition coefficient (Wildman–Crippen LogP) is 3.98. The fraction of sp³-hybridized carbons (Fsp3) is 0.421. The maximum absolute atomic E-state index is 14.0. The molecule has 1 amide bonds. The van der Waals surface area contributed by atoms with Gasteiger partial charge >= 0.3 is 6.09 Å². The lowest BCUT2D eigenvalue weighted by Crippen LogP contribution is -2.61. The van der Waals surface area contributed by atoms with Crippen LogP contribution in [0.1, 0.15) is 12.8 Å². The van der Waals surface area contributed by atoms with Gasteiger partial charge in [0.2, 0.25) is 0 Å². The van der Waals surface area contributed by atoms with Crippen LogP contribution in [0, 0.1) is 11.7 Å². The van der Waals surface area contributed by atoms with E-state index in [2.05, 4.69) is 4.90 Å². The predicted molar refractivity (Wildman–Crippen MR) is 95.4 cm³/mol. The molecule has 1 atom stereocenters. The molecule has 0 aliphatic carbocycles. The lowest BCUT2D eigenvalue weighted by atomic mass is 9.75. The Balaban J connectivity index is 1.43. The molecule has 4 nitrogen and oxygen atoms in total. The summed E-state index contributed by atoms with van der Waals surface area (Å²) in [6.45, 7) is 3.66. The largest absolute Gasteiger partial charge is 0.439 e. The molecule has 6 heteroatoms. The van der Waals surface area contributed by atoms with Crippen molar-refractivity contribution in [3.05, 3.63) is 42.2 Å². The minimum Gasteiger partial charge on any atom is -0.439 e. The molecule has 6 rings (SSSR count). The summed E-state index contributed by atoms with van der Waals surface area (Å²) in [5, 5.41) is 0.830. The van der Waals surface area contributed by atoms with Crippen LogP contribution in [-0.4, -0.2) is 42.8 Å². The first kappa shape index (κ1) is 15.3. The van der Waals surface area contributed by atoms with Crippen LogP contribution in [0.5, 0.6) is 0 Å². The molecule has 4 saturated heterocycles. The van der Waals surface area contributed by atoms with Gasteiger partial charge in [0.05, 0.1) is 6.54 Å². The van der Waals surface area contributed by atoms with Crippen LogP contribution in [0.3, 0.4) is 0 Å². The molecule has 0 radical (unpaired) electrons. The topological polar surface area (TPSA) is 32.8 Å². The number of amides is 1. The van der Waals surface area contributed by atoms with Crippen LogP contribution in [-0.2, 0) is 4.74 Å². The second kappa shape index (κ2) is 5.54. The van der Waals surface area contributed by atoms with Gasteiger partial charge in [-0.25, -0.2) is 9.18 Å². The number of carbonyl (C=O) groups excluding carboxylic acids is 1. The Hall–Kier alpha value is -1.92. The SMILES string of the molecule is O=C1OC2(CN3CCC2CC3)CN1c1ccc(-c2ccccc2F)s1. The number of thiophene rings is 1. The first-order valence-corrected chi connectivity index (χ1v) is 9.54. The van der Waals surface area contributed by atoms with Crippen LogP contribution in [0.25, 0.3) is 10.4 Å². The minimum absolute atomic E-state index is 0.242. The number of halogens is 1. The maximum atomic E-state index is 14.0. The van der Waals surface area contributed by atoms with Crippen molar-refractivity contribution in [3.63, 3.8) is 0 Å². The first-order chi connectivity index (χ1) is 12.1. The van der Waals surface area contributed by atoms with Gasteiger partial charge in [0.1, 0.15) is 16.4 Å². The molecule has 5 heterocycles. The van der Waals surface area contributed by atoms with Crippen LogP contribution in [0.2, 0.25) is 0 Å². The maximum Gasteiger partial charge on any atom is 0.415 e. The van der Waals surface area contributed by atoms with E-state index < -0.39 is 0 Å². The zero-order valence-electron chi connectivity index (χ0n) is 13.8. The molecule has 4 aliphatic rings. The van der Waals surface area contributed by atoms with Gasteiger partial charge < -0.3 is 4.74 Å². The molecule has 1 spiro atoms. The standard InChI is InChI=1S/C19H19FN2O2S/c20-15-4-2-1-3-14(15)16-5-6-17(25-16)22-12-19(24-18(22)23)11-21-9-7-13(19)8-10-21/h1-6,13H,7-12H2. The Morgan fingerprint density at radius 2 is 1.92 bits per heavy atom. The van der Waals surface area contributed by atoms with Crippen LogP contribution < -0.4 is 4.90 Å². The second-order valence-corrected chi connectivity index (χ2v) is 8.25. The number of hydrogen-bond donors (Lipinski definition) is 0. The summed E-state index contributed by atoms with van der Waals surface area (Å²) in [4.78, 5) is 17.5. The first-order valence-electron chi connectivity index (χ1n) is 8.72. The second-order valence-electron chi connectivity index (χ2n) is 7.19. The Kier molecular flexibility index (Phi) is 3.40. The van der Waals surface area contributed by atoms with E-state index in [0.29, 0.717) is 18.0 Å². The van der Waals surface area contributed by atoms with Crippen molar-refractivity contribution in [2.45, 2.75) is 18.4 Å². The number of nitrogens with zero attached hydrogens (tertiary/aromatic N) is 2. The summed E-state index contributed by atoms with van der Waals surface area (Å²) in [6, 6.07) is 10.5. The highest BCUT2D eigenvalue weighted by Gasteiger charge is 2.55. The Labute approximate surface area is 149 Å². The van der Waals surface area contributed by atoms with Crippen LogP contribution in [0.4, 0.5) is 14.2 Å². The number of benzene rings is 1. The zero-order chi connectivity index (χ0) is 17.0. The van der Waals surface area contributed by atoms with Crippen molar-refractivity contribution in [2.24, 2.45) is 5.92 Å². The highest BCUT2D eigenvalue weighted by molar-refractivity contribution is 7.19. The average Bonchev–Trinajstić information content (AvgIpc) is 3.21. The third-order valence-electron chi connectivity index (χ3n) is 5.76. The smallest absolute Gasteiger partial charge is 0.415 e. The van der Waals surface area contributed by atoms with Gasteiger partial charge in [-0.3, -0.25) is 9.80 Å². The van der Waals surface area contributed by atoms with E-state index in [0.717, 1.165) is 42.4 Å². The molecule has 0 saturated carbocycles. The number of anilines is 1. The zero-order valence-corrected chi connectivity index (χ0v) is 14.6. The molecule has 1 aromatic heterocycles. The van der Waals surface area contributed by atoms with E-state index >= 15 is 0 Å². The third kappa shape index (κ3) is 2.39. The van der Waals surface area contributed by atoms with Crippen molar-refractivity contribution < 1.29 is 13.9 Å². The normalized spacial score (nSPS) is 30.9. The van der Waals surface area contributed by atoms with E-state index in [-0.39, 0.29) is 17.5 Å².